The molecule has 14 heteroatoms. The van der Waals surface area contributed by atoms with Crippen molar-refractivity contribution in [3.8, 4) is 28.7 Å². The summed E-state index contributed by atoms with van der Waals surface area (Å²) in [6, 6.07) is 7.45. The van der Waals surface area contributed by atoms with Crippen LogP contribution < -0.4 is 14.2 Å². The number of methoxy groups -OCH3 is 3. The minimum atomic E-state index is -1.77. The van der Waals surface area contributed by atoms with Crippen molar-refractivity contribution in [2.45, 2.75) is 36.8 Å². The van der Waals surface area contributed by atoms with E-state index in [-0.39, 0.29) is 63.1 Å². The van der Waals surface area contributed by atoms with Crippen LogP contribution in [-0.4, -0.2) is 100 Å². The standard InChI is InChI=1S/C32H32O14/c1-40-19-6-13(4-5-17(19)35)18-11-16-25-20(43-18)9-15(34)10-21(25)44-30(14-7-22(41-2)26(36)23(8-14)42-3)31(16)46-32-29(39)28(38)27(37)24(12-33)45-32/h4-11,21,24,27-29,32-39H,12H2,1-3H3/t21?,24-,27-,28+,29-,32+/m1/s1. The smallest absolute Gasteiger partial charge is 0.229 e. The highest BCUT2D eigenvalue weighted by Gasteiger charge is 2.47. The molecule has 1 fully saturated rings. The van der Waals surface area contributed by atoms with Gasteiger partial charge in [0.15, 0.2) is 40.6 Å². The molecule has 46 heavy (non-hydrogen) atoms. The third kappa shape index (κ3) is 5.25. The molecule has 7 N–H and O–H groups in total. The summed E-state index contributed by atoms with van der Waals surface area (Å²) in [5.74, 6) is 0.0927. The SMILES string of the molecule is COc1cc(C2=CC3=C4C(=CC(O)=CC4OC(c4cc(OC)c(O)c(OC)c4)=C3O[C@@H]3O[C@H](CO)[C@@H](O)[C@H](O)[C@H]3O)O2)ccc1O. The number of rotatable bonds is 8. The summed E-state index contributed by atoms with van der Waals surface area (Å²) < 4.78 is 40.5. The molecule has 0 amide bonds. The molecule has 3 aliphatic heterocycles. The molecule has 1 aliphatic carbocycles. The van der Waals surface area contributed by atoms with Crippen molar-refractivity contribution in [1.82, 2.24) is 0 Å². The van der Waals surface area contributed by atoms with Gasteiger partial charge in [-0.05, 0) is 36.4 Å². The predicted octanol–water partition coefficient (Wildman–Crippen LogP) is 1.71. The third-order valence-electron chi connectivity index (χ3n) is 7.92. The highest BCUT2D eigenvalue weighted by Crippen LogP contribution is 2.49. The van der Waals surface area contributed by atoms with Gasteiger partial charge >= 0.3 is 0 Å². The van der Waals surface area contributed by atoms with Crippen molar-refractivity contribution in [3.05, 3.63) is 88.1 Å². The number of allylic oxidation sites excluding steroid dienone is 2. The molecule has 0 saturated carbocycles. The number of aliphatic hydroxyl groups excluding tert-OH is 5. The first-order valence-electron chi connectivity index (χ1n) is 14.1. The van der Waals surface area contributed by atoms with E-state index < -0.39 is 43.4 Å². The lowest BCUT2D eigenvalue weighted by atomic mass is 9.88. The normalized spacial score (nSPS) is 27.0. The Balaban J connectivity index is 1.58. The van der Waals surface area contributed by atoms with Gasteiger partial charge in [-0.1, -0.05) is 0 Å². The summed E-state index contributed by atoms with van der Waals surface area (Å²) in [5.41, 5.74) is 1.51. The molecule has 6 rings (SSSR count). The Morgan fingerprint density at radius 1 is 0.783 bits per heavy atom. The summed E-state index contributed by atoms with van der Waals surface area (Å²) in [7, 11) is 4.09. The Bertz CT molecular complexity index is 1680. The topological polar surface area (TPSA) is 206 Å². The average Bonchev–Trinajstić information content (AvgIpc) is 3.05. The van der Waals surface area contributed by atoms with Crippen molar-refractivity contribution < 1.29 is 68.9 Å². The number of phenols is 2. The van der Waals surface area contributed by atoms with Gasteiger partial charge in [0, 0.05) is 28.9 Å². The van der Waals surface area contributed by atoms with Crippen LogP contribution >= 0.6 is 0 Å². The van der Waals surface area contributed by atoms with Crippen LogP contribution in [0.25, 0.3) is 11.5 Å². The van der Waals surface area contributed by atoms with Crippen LogP contribution in [0.3, 0.4) is 0 Å². The van der Waals surface area contributed by atoms with Gasteiger partial charge in [0.1, 0.15) is 41.7 Å². The van der Waals surface area contributed by atoms with Gasteiger partial charge in [-0.25, -0.2) is 0 Å². The zero-order valence-electron chi connectivity index (χ0n) is 24.8. The summed E-state index contributed by atoms with van der Waals surface area (Å²) in [4.78, 5) is 0. The Kier molecular flexibility index (Phi) is 8.22. The number of benzene rings is 2. The maximum Gasteiger partial charge on any atom is 0.229 e. The highest BCUT2D eigenvalue weighted by atomic mass is 16.7. The molecule has 0 spiro atoms. The van der Waals surface area contributed by atoms with Crippen LogP contribution in [-0.2, 0) is 18.9 Å². The molecule has 1 unspecified atom stereocenters. The highest BCUT2D eigenvalue weighted by molar-refractivity contribution is 5.80. The van der Waals surface area contributed by atoms with Crippen molar-refractivity contribution in [3.63, 3.8) is 0 Å². The van der Waals surface area contributed by atoms with Gasteiger partial charge in [0.2, 0.25) is 12.0 Å². The second-order valence-electron chi connectivity index (χ2n) is 10.7. The summed E-state index contributed by atoms with van der Waals surface area (Å²) in [6.07, 6.45) is -4.54. The number of phenolic OH excluding ortho intramolecular Hbond substituents is 2. The zero-order valence-corrected chi connectivity index (χ0v) is 24.8. The van der Waals surface area contributed by atoms with Gasteiger partial charge in [0.05, 0.1) is 33.5 Å². The van der Waals surface area contributed by atoms with Crippen LogP contribution in [0.1, 0.15) is 11.1 Å². The third-order valence-corrected chi connectivity index (χ3v) is 7.92. The Hall–Kier alpha value is -4.86. The first-order chi connectivity index (χ1) is 22.1. The van der Waals surface area contributed by atoms with Crippen LogP contribution in [0.4, 0.5) is 0 Å². The predicted molar refractivity (Wildman–Crippen MR) is 157 cm³/mol. The molecule has 0 bridgehead atoms. The van der Waals surface area contributed by atoms with Crippen molar-refractivity contribution in [2.24, 2.45) is 0 Å². The monoisotopic (exact) mass is 640 g/mol. The van der Waals surface area contributed by atoms with Crippen molar-refractivity contribution in [2.75, 3.05) is 27.9 Å². The van der Waals surface area contributed by atoms with E-state index in [0.717, 1.165) is 0 Å². The summed E-state index contributed by atoms with van der Waals surface area (Å²) in [5, 5.41) is 72.9. The minimum absolute atomic E-state index is 0.0170. The largest absolute Gasteiger partial charge is 0.508 e. The van der Waals surface area contributed by atoms with E-state index in [1.165, 1.54) is 51.7 Å². The zero-order chi connectivity index (χ0) is 32.9. The first kappa shape index (κ1) is 31.1. The van der Waals surface area contributed by atoms with Crippen molar-refractivity contribution in [1.29, 1.82) is 0 Å². The molecule has 14 nitrogen and oxygen atoms in total. The minimum Gasteiger partial charge on any atom is -0.508 e. The van der Waals surface area contributed by atoms with Gasteiger partial charge in [-0.2, -0.15) is 0 Å². The van der Waals surface area contributed by atoms with E-state index in [0.29, 0.717) is 16.7 Å². The number of aliphatic hydroxyl groups is 5. The van der Waals surface area contributed by atoms with Crippen LogP contribution in [0.15, 0.2) is 77.0 Å². The lowest BCUT2D eigenvalue weighted by Crippen LogP contribution is -2.59. The molecule has 244 valence electrons. The molecular weight excluding hydrogens is 608 g/mol. The van der Waals surface area contributed by atoms with E-state index in [1.54, 1.807) is 18.2 Å². The lowest BCUT2D eigenvalue weighted by molar-refractivity contribution is -0.290. The Morgan fingerprint density at radius 2 is 1.46 bits per heavy atom. The summed E-state index contributed by atoms with van der Waals surface area (Å²) >= 11 is 0. The second-order valence-corrected chi connectivity index (χ2v) is 10.7. The van der Waals surface area contributed by atoms with Crippen LogP contribution in [0.2, 0.25) is 0 Å². The molecule has 0 radical (unpaired) electrons. The number of hydrogen-bond acceptors (Lipinski definition) is 14. The number of hydrogen-bond donors (Lipinski definition) is 7. The lowest BCUT2D eigenvalue weighted by Gasteiger charge is -2.41. The van der Waals surface area contributed by atoms with Crippen molar-refractivity contribution >= 4 is 11.5 Å². The van der Waals surface area contributed by atoms with E-state index in [2.05, 4.69) is 0 Å². The molecule has 4 aliphatic rings. The van der Waals surface area contributed by atoms with E-state index in [4.69, 9.17) is 33.2 Å². The fourth-order valence-electron chi connectivity index (χ4n) is 5.54. The molecule has 1 saturated heterocycles. The Labute approximate surface area is 262 Å². The van der Waals surface area contributed by atoms with E-state index in [9.17, 15) is 35.7 Å². The van der Waals surface area contributed by atoms with Gasteiger partial charge in [0.25, 0.3) is 0 Å². The first-order valence-corrected chi connectivity index (χ1v) is 14.1. The second kappa shape index (κ2) is 12.2. The van der Waals surface area contributed by atoms with Crippen LogP contribution in [0.5, 0.6) is 28.7 Å². The van der Waals surface area contributed by atoms with Gasteiger partial charge < -0.3 is 68.9 Å². The van der Waals surface area contributed by atoms with E-state index in [1.807, 2.05) is 0 Å². The quantitative estimate of drug-likeness (QED) is 0.219. The maximum atomic E-state index is 10.9. The Morgan fingerprint density at radius 3 is 2.11 bits per heavy atom. The molecule has 0 aromatic heterocycles. The number of ether oxygens (including phenoxy) is 7. The average molecular weight is 641 g/mol. The van der Waals surface area contributed by atoms with Gasteiger partial charge in [-0.3, -0.25) is 0 Å². The molecular formula is C32H32O14. The van der Waals surface area contributed by atoms with Gasteiger partial charge in [-0.15, -0.1) is 0 Å². The molecule has 2 aromatic rings. The van der Waals surface area contributed by atoms with Crippen LogP contribution in [0, 0.1) is 0 Å². The fraction of sp³-hybridized carbons (Fsp3) is 0.312. The summed E-state index contributed by atoms with van der Waals surface area (Å²) in [6.45, 7) is -0.687. The number of aromatic hydroxyl groups is 2. The molecule has 6 atom stereocenters. The fourth-order valence-corrected chi connectivity index (χ4v) is 5.54. The van der Waals surface area contributed by atoms with E-state index >= 15 is 0 Å². The molecule has 3 heterocycles. The maximum absolute atomic E-state index is 10.9. The molecule has 2 aromatic carbocycles.